The zero-order valence-electron chi connectivity index (χ0n) is 16.9. The molecule has 0 spiro atoms. The van der Waals surface area contributed by atoms with E-state index in [2.05, 4.69) is 22.2 Å². The molecule has 8 nitrogen and oxygen atoms in total. The summed E-state index contributed by atoms with van der Waals surface area (Å²) in [6.07, 6.45) is 10.5. The number of methoxy groups -OCH3 is 2. The summed E-state index contributed by atoms with van der Waals surface area (Å²) in [5, 5.41) is 3.27. The largest absolute Gasteiger partial charge is 0.480 e. The lowest BCUT2D eigenvalue weighted by Gasteiger charge is -2.13. The highest BCUT2D eigenvalue weighted by molar-refractivity contribution is 5.93. The van der Waals surface area contributed by atoms with Crippen LogP contribution in [0.1, 0.15) is 36.5 Å². The van der Waals surface area contributed by atoms with Gasteiger partial charge in [-0.2, -0.15) is 4.98 Å². The van der Waals surface area contributed by atoms with E-state index < -0.39 is 5.97 Å². The van der Waals surface area contributed by atoms with Crippen molar-refractivity contribution in [1.82, 2.24) is 19.5 Å². The van der Waals surface area contributed by atoms with E-state index >= 15 is 0 Å². The number of aromatic nitrogens is 4. The van der Waals surface area contributed by atoms with Crippen LogP contribution >= 0.6 is 0 Å². The quantitative estimate of drug-likeness (QED) is 0.436. The number of nitrogens with one attached hydrogen (secondary N) is 1. The van der Waals surface area contributed by atoms with Crippen molar-refractivity contribution in [2.75, 3.05) is 26.1 Å². The molecule has 29 heavy (non-hydrogen) atoms. The van der Waals surface area contributed by atoms with Crippen molar-refractivity contribution in [3.8, 4) is 22.8 Å². The number of esters is 1. The maximum absolute atomic E-state index is 12.1. The predicted octanol–water partition coefficient (Wildman–Crippen LogP) is 3.73. The second-order valence-electron chi connectivity index (χ2n) is 6.43. The number of carbonyl (C=O) groups is 1. The highest BCUT2D eigenvalue weighted by Crippen LogP contribution is 2.29. The summed E-state index contributed by atoms with van der Waals surface area (Å²) in [6, 6.07) is 5.52. The summed E-state index contributed by atoms with van der Waals surface area (Å²) in [6.45, 7) is 2.98. The van der Waals surface area contributed by atoms with Gasteiger partial charge in [-0.1, -0.05) is 19.8 Å². The van der Waals surface area contributed by atoms with Gasteiger partial charge >= 0.3 is 5.97 Å². The van der Waals surface area contributed by atoms with Crippen LogP contribution in [0.5, 0.6) is 5.88 Å². The number of nitrogens with zero attached hydrogens (tertiary/aromatic N) is 4. The van der Waals surface area contributed by atoms with E-state index in [0.717, 1.165) is 31.4 Å². The van der Waals surface area contributed by atoms with Crippen molar-refractivity contribution in [3.63, 3.8) is 0 Å². The molecule has 8 heteroatoms. The van der Waals surface area contributed by atoms with Crippen molar-refractivity contribution in [1.29, 1.82) is 0 Å². The van der Waals surface area contributed by atoms with Crippen LogP contribution in [-0.4, -0.2) is 46.3 Å². The molecule has 0 bridgehead atoms. The van der Waals surface area contributed by atoms with Gasteiger partial charge in [0, 0.05) is 42.5 Å². The Labute approximate surface area is 169 Å². The SMILES string of the molecule is CCCCCNc1ncc(-c2cnc(OC)c(C(=O)OC)c2)c(-n2cccc2)n1. The number of carbonyl (C=O) groups excluding carboxylic acids is 1. The molecular formula is C21H25N5O3. The van der Waals surface area contributed by atoms with Gasteiger partial charge < -0.3 is 19.4 Å². The van der Waals surface area contributed by atoms with Crippen LogP contribution in [0, 0.1) is 0 Å². The Bertz CT molecular complexity index is 957. The van der Waals surface area contributed by atoms with Gasteiger partial charge in [0.15, 0.2) is 0 Å². The molecular weight excluding hydrogens is 370 g/mol. The van der Waals surface area contributed by atoms with Crippen molar-refractivity contribution in [2.45, 2.75) is 26.2 Å². The zero-order valence-corrected chi connectivity index (χ0v) is 16.9. The van der Waals surface area contributed by atoms with Crippen LogP contribution in [0.3, 0.4) is 0 Å². The fourth-order valence-electron chi connectivity index (χ4n) is 2.93. The third-order valence-electron chi connectivity index (χ3n) is 4.44. The molecule has 0 fully saturated rings. The molecule has 152 valence electrons. The van der Waals surface area contributed by atoms with Gasteiger partial charge in [-0.3, -0.25) is 0 Å². The molecule has 0 aromatic carbocycles. The molecule has 0 unspecified atom stereocenters. The van der Waals surface area contributed by atoms with Crippen LogP contribution < -0.4 is 10.1 Å². The van der Waals surface area contributed by atoms with Crippen LogP contribution in [0.2, 0.25) is 0 Å². The standard InChI is InChI=1S/C21H25N5O3/c1-4-5-6-9-22-21-24-14-17(18(25-21)26-10-7-8-11-26)15-12-16(20(27)29-3)19(28-2)23-13-15/h7-8,10-14H,4-6,9H2,1-3H3,(H,22,24,25). The van der Waals surface area contributed by atoms with Gasteiger partial charge in [0.25, 0.3) is 0 Å². The summed E-state index contributed by atoms with van der Waals surface area (Å²) < 4.78 is 11.9. The second kappa shape index (κ2) is 9.68. The lowest BCUT2D eigenvalue weighted by Crippen LogP contribution is -2.09. The van der Waals surface area contributed by atoms with E-state index in [1.807, 2.05) is 29.1 Å². The van der Waals surface area contributed by atoms with Gasteiger partial charge in [-0.05, 0) is 24.6 Å². The van der Waals surface area contributed by atoms with Crippen molar-refractivity contribution >= 4 is 11.9 Å². The Kier molecular flexibility index (Phi) is 6.78. The van der Waals surface area contributed by atoms with E-state index in [-0.39, 0.29) is 11.4 Å². The van der Waals surface area contributed by atoms with E-state index in [9.17, 15) is 4.79 Å². The van der Waals surface area contributed by atoms with Crippen molar-refractivity contribution in [3.05, 3.63) is 48.5 Å². The van der Waals surface area contributed by atoms with Crippen molar-refractivity contribution in [2.24, 2.45) is 0 Å². The number of anilines is 1. The average Bonchev–Trinajstić information content (AvgIpc) is 3.30. The van der Waals surface area contributed by atoms with Gasteiger partial charge in [-0.15, -0.1) is 0 Å². The molecule has 0 saturated carbocycles. The lowest BCUT2D eigenvalue weighted by molar-refractivity contribution is 0.0596. The summed E-state index contributed by atoms with van der Waals surface area (Å²) in [7, 11) is 2.78. The minimum absolute atomic E-state index is 0.207. The first-order valence-corrected chi connectivity index (χ1v) is 9.55. The molecule has 3 rings (SSSR count). The molecule has 0 aliphatic heterocycles. The summed E-state index contributed by atoms with van der Waals surface area (Å²) in [4.78, 5) is 25.5. The summed E-state index contributed by atoms with van der Waals surface area (Å²) >= 11 is 0. The predicted molar refractivity (Wildman–Crippen MR) is 110 cm³/mol. The summed E-state index contributed by atoms with van der Waals surface area (Å²) in [5.74, 6) is 0.932. The zero-order chi connectivity index (χ0) is 20.6. The fourth-order valence-corrected chi connectivity index (χ4v) is 2.93. The molecule has 0 saturated heterocycles. The second-order valence-corrected chi connectivity index (χ2v) is 6.43. The smallest absolute Gasteiger partial charge is 0.343 e. The normalized spacial score (nSPS) is 10.6. The Morgan fingerprint density at radius 2 is 1.93 bits per heavy atom. The van der Waals surface area contributed by atoms with Crippen LogP contribution in [0.25, 0.3) is 16.9 Å². The lowest BCUT2D eigenvalue weighted by atomic mass is 10.1. The molecule has 3 aromatic rings. The molecule has 3 heterocycles. The third kappa shape index (κ3) is 4.71. The van der Waals surface area contributed by atoms with Gasteiger partial charge in [0.05, 0.1) is 14.2 Å². The van der Waals surface area contributed by atoms with E-state index in [4.69, 9.17) is 14.5 Å². The first-order valence-electron chi connectivity index (χ1n) is 9.55. The van der Waals surface area contributed by atoms with Gasteiger partial charge in [-0.25, -0.2) is 14.8 Å². The Morgan fingerprint density at radius 3 is 2.62 bits per heavy atom. The minimum atomic E-state index is -0.520. The van der Waals surface area contributed by atoms with Crippen LogP contribution in [0.15, 0.2) is 43.0 Å². The number of unbranched alkanes of at least 4 members (excludes halogenated alkanes) is 2. The summed E-state index contributed by atoms with van der Waals surface area (Å²) in [5.41, 5.74) is 1.67. The maximum Gasteiger partial charge on any atom is 0.343 e. The van der Waals surface area contributed by atoms with E-state index in [1.165, 1.54) is 14.2 Å². The van der Waals surface area contributed by atoms with Crippen LogP contribution in [0.4, 0.5) is 5.95 Å². The Hall–Kier alpha value is -3.42. The van der Waals surface area contributed by atoms with Gasteiger partial charge in [0.1, 0.15) is 11.4 Å². The molecule has 0 aliphatic carbocycles. The third-order valence-corrected chi connectivity index (χ3v) is 4.44. The van der Waals surface area contributed by atoms with E-state index in [1.54, 1.807) is 18.5 Å². The monoisotopic (exact) mass is 395 g/mol. The Balaban J connectivity index is 2.01. The average molecular weight is 395 g/mol. The topological polar surface area (TPSA) is 91.2 Å². The highest BCUT2D eigenvalue weighted by Gasteiger charge is 2.18. The number of pyridine rings is 1. The number of hydrogen-bond donors (Lipinski definition) is 1. The highest BCUT2D eigenvalue weighted by atomic mass is 16.5. The van der Waals surface area contributed by atoms with Crippen LogP contribution in [-0.2, 0) is 4.74 Å². The number of ether oxygens (including phenoxy) is 2. The first-order chi connectivity index (χ1) is 14.2. The number of hydrogen-bond acceptors (Lipinski definition) is 7. The van der Waals surface area contributed by atoms with Gasteiger partial charge in [0.2, 0.25) is 11.8 Å². The molecule has 0 atom stereocenters. The molecule has 0 amide bonds. The van der Waals surface area contributed by atoms with Crippen molar-refractivity contribution < 1.29 is 14.3 Å². The minimum Gasteiger partial charge on any atom is -0.480 e. The molecule has 0 aliphatic rings. The Morgan fingerprint density at radius 1 is 1.14 bits per heavy atom. The molecule has 3 aromatic heterocycles. The molecule has 0 radical (unpaired) electrons. The number of rotatable bonds is 9. The first kappa shape index (κ1) is 20.3. The van der Waals surface area contributed by atoms with E-state index in [0.29, 0.717) is 17.3 Å². The molecule has 1 N–H and O–H groups in total. The maximum atomic E-state index is 12.1. The fraction of sp³-hybridized carbons (Fsp3) is 0.333.